The van der Waals surface area contributed by atoms with Gasteiger partial charge in [0, 0.05) is 26.2 Å². The maximum atomic E-state index is 13.7. The summed E-state index contributed by atoms with van der Waals surface area (Å²) >= 11 is 0. The monoisotopic (exact) mass is 461 g/mol. The van der Waals surface area contributed by atoms with Crippen LogP contribution >= 0.6 is 0 Å². The predicted molar refractivity (Wildman–Crippen MR) is 129 cm³/mol. The van der Waals surface area contributed by atoms with Gasteiger partial charge in [-0.15, -0.1) is 5.92 Å². The van der Waals surface area contributed by atoms with Gasteiger partial charge in [-0.2, -0.15) is 10.2 Å². The summed E-state index contributed by atoms with van der Waals surface area (Å²) in [4.78, 5) is 33.7. The maximum Gasteiger partial charge on any atom is 0.332 e. The Kier molecular flexibility index (Phi) is 6.44. The molecule has 3 aromatic rings. The van der Waals surface area contributed by atoms with Crippen molar-refractivity contribution in [3.63, 3.8) is 0 Å². The number of rotatable bonds is 5. The Morgan fingerprint density at radius 1 is 1.29 bits per heavy atom. The number of aromatic nitrogens is 4. The van der Waals surface area contributed by atoms with Gasteiger partial charge < -0.3 is 15.4 Å². The molecule has 1 saturated heterocycles. The van der Waals surface area contributed by atoms with Crippen molar-refractivity contribution in [1.29, 1.82) is 5.26 Å². The van der Waals surface area contributed by atoms with Crippen molar-refractivity contribution in [2.24, 2.45) is 12.8 Å². The summed E-state index contributed by atoms with van der Waals surface area (Å²) in [5.41, 5.74) is 6.58. The third-order valence-corrected chi connectivity index (χ3v) is 6.14. The fourth-order valence-corrected chi connectivity index (χ4v) is 4.42. The van der Waals surface area contributed by atoms with Crippen LogP contribution in [0.5, 0.6) is 5.75 Å². The average molecular weight is 462 g/mol. The second-order valence-corrected chi connectivity index (χ2v) is 8.28. The Morgan fingerprint density at radius 2 is 2.09 bits per heavy atom. The molecule has 0 saturated carbocycles. The van der Waals surface area contributed by atoms with Gasteiger partial charge in [0.1, 0.15) is 11.8 Å². The molecule has 10 heteroatoms. The zero-order valence-corrected chi connectivity index (χ0v) is 19.5. The molecule has 0 radical (unpaired) electrons. The molecule has 4 rings (SSSR count). The number of hydrogen-bond donors (Lipinski definition) is 1. The molecule has 2 N–H and O–H groups in total. The highest BCUT2D eigenvalue weighted by atomic mass is 16.5. The van der Waals surface area contributed by atoms with Crippen LogP contribution in [0.4, 0.5) is 5.95 Å². The van der Waals surface area contributed by atoms with E-state index in [0.29, 0.717) is 35.0 Å². The van der Waals surface area contributed by atoms with Gasteiger partial charge >= 0.3 is 5.69 Å². The Balaban J connectivity index is 1.94. The van der Waals surface area contributed by atoms with E-state index in [2.05, 4.69) is 22.8 Å². The van der Waals surface area contributed by atoms with Gasteiger partial charge in [-0.3, -0.25) is 18.5 Å². The molecule has 1 aliphatic heterocycles. The van der Waals surface area contributed by atoms with E-state index in [4.69, 9.17) is 15.5 Å². The zero-order chi connectivity index (χ0) is 24.4. The third kappa shape index (κ3) is 3.93. The lowest BCUT2D eigenvalue weighted by atomic mass is 10.1. The van der Waals surface area contributed by atoms with Crippen LogP contribution in [0.25, 0.3) is 11.2 Å². The summed E-state index contributed by atoms with van der Waals surface area (Å²) in [6.07, 6.45) is 1.85. The lowest BCUT2D eigenvalue weighted by molar-refractivity contribution is 0.412. The number of nitriles is 1. The molecule has 0 unspecified atom stereocenters. The number of imidazole rings is 1. The fraction of sp³-hybridized carbons (Fsp3) is 0.417. The molecule has 1 atom stereocenters. The Hall–Kier alpha value is -4.02. The summed E-state index contributed by atoms with van der Waals surface area (Å²) in [5, 5.41) is 9.64. The highest BCUT2D eigenvalue weighted by Gasteiger charge is 2.26. The smallest absolute Gasteiger partial charge is 0.332 e. The fourth-order valence-electron chi connectivity index (χ4n) is 4.42. The molecular weight excluding hydrogens is 434 g/mol. The van der Waals surface area contributed by atoms with Crippen LogP contribution in [0, 0.1) is 23.2 Å². The minimum atomic E-state index is -0.516. The van der Waals surface area contributed by atoms with Gasteiger partial charge in [0.2, 0.25) is 5.95 Å². The van der Waals surface area contributed by atoms with Crippen LogP contribution < -0.4 is 26.6 Å². The quantitative estimate of drug-likeness (QED) is 0.557. The number of nitrogens with zero attached hydrogens (tertiary/aromatic N) is 6. The SMILES string of the molecule is CC#CCn1c(N2CCC[C@@H](N)C2)nc2c1c(=O)n(Cc1cccc(OC)c1C#N)c(=O)n2C. The summed E-state index contributed by atoms with van der Waals surface area (Å²) in [6, 6.07) is 7.22. The van der Waals surface area contributed by atoms with Gasteiger partial charge in [-0.1, -0.05) is 18.1 Å². The minimum absolute atomic E-state index is 0.0113. The molecule has 3 heterocycles. The van der Waals surface area contributed by atoms with Crippen molar-refractivity contribution < 1.29 is 4.74 Å². The highest BCUT2D eigenvalue weighted by Crippen LogP contribution is 2.24. The number of nitrogens with two attached hydrogens (primary N) is 1. The molecule has 176 valence electrons. The maximum absolute atomic E-state index is 13.7. The van der Waals surface area contributed by atoms with Crippen LogP contribution in [0.15, 0.2) is 27.8 Å². The molecule has 0 aliphatic carbocycles. The molecule has 34 heavy (non-hydrogen) atoms. The van der Waals surface area contributed by atoms with Crippen molar-refractivity contribution in [2.75, 3.05) is 25.1 Å². The number of piperidine rings is 1. The summed E-state index contributed by atoms with van der Waals surface area (Å²) < 4.78 is 9.53. The normalized spacial score (nSPS) is 15.6. The molecule has 1 aromatic carbocycles. The number of hydrogen-bond acceptors (Lipinski definition) is 7. The van der Waals surface area contributed by atoms with E-state index in [1.54, 1.807) is 36.7 Å². The van der Waals surface area contributed by atoms with Gasteiger partial charge in [-0.25, -0.2) is 4.79 Å². The van der Waals surface area contributed by atoms with Crippen molar-refractivity contribution >= 4 is 17.1 Å². The van der Waals surface area contributed by atoms with Crippen LogP contribution in [0.3, 0.4) is 0 Å². The molecule has 0 amide bonds. The Morgan fingerprint density at radius 3 is 2.76 bits per heavy atom. The van der Waals surface area contributed by atoms with Crippen LogP contribution in [0.1, 0.15) is 30.9 Å². The van der Waals surface area contributed by atoms with Crippen LogP contribution in [0.2, 0.25) is 0 Å². The zero-order valence-electron chi connectivity index (χ0n) is 19.5. The van der Waals surface area contributed by atoms with E-state index in [-0.39, 0.29) is 24.7 Å². The Labute approximate surface area is 196 Å². The molecule has 2 aromatic heterocycles. The third-order valence-electron chi connectivity index (χ3n) is 6.14. The summed E-state index contributed by atoms with van der Waals surface area (Å²) in [7, 11) is 3.06. The number of aryl methyl sites for hydroxylation is 1. The number of methoxy groups -OCH3 is 1. The molecule has 1 aliphatic rings. The first-order chi connectivity index (χ1) is 16.4. The Bertz CT molecular complexity index is 1460. The number of fused-ring (bicyclic) bond motifs is 1. The van der Waals surface area contributed by atoms with Crippen molar-refractivity contribution in [1.82, 2.24) is 18.7 Å². The molecule has 10 nitrogen and oxygen atoms in total. The topological polar surface area (TPSA) is 124 Å². The number of anilines is 1. The summed E-state index contributed by atoms with van der Waals surface area (Å²) in [6.45, 7) is 3.28. The van der Waals surface area contributed by atoms with Gasteiger partial charge in [0.25, 0.3) is 5.56 Å². The van der Waals surface area contributed by atoms with E-state index in [1.807, 2.05) is 0 Å². The van der Waals surface area contributed by atoms with Crippen molar-refractivity contribution in [2.45, 2.75) is 38.9 Å². The van der Waals surface area contributed by atoms with Crippen LogP contribution in [-0.2, 0) is 20.1 Å². The van der Waals surface area contributed by atoms with Gasteiger partial charge in [0.15, 0.2) is 11.2 Å². The van der Waals surface area contributed by atoms with Gasteiger partial charge in [-0.05, 0) is 31.4 Å². The van der Waals surface area contributed by atoms with Gasteiger partial charge in [0.05, 0.1) is 25.8 Å². The molecule has 0 bridgehead atoms. The molecular formula is C24H27N7O3. The summed E-state index contributed by atoms with van der Waals surface area (Å²) in [5.74, 6) is 6.85. The van der Waals surface area contributed by atoms with E-state index in [1.165, 1.54) is 11.7 Å². The highest BCUT2D eigenvalue weighted by molar-refractivity contribution is 5.75. The minimum Gasteiger partial charge on any atom is -0.495 e. The molecule has 0 spiro atoms. The van der Waals surface area contributed by atoms with E-state index >= 15 is 0 Å². The van der Waals surface area contributed by atoms with E-state index < -0.39 is 11.2 Å². The first-order valence-electron chi connectivity index (χ1n) is 11.1. The predicted octanol–water partition coefficient (Wildman–Crippen LogP) is 0.776. The standard InChI is InChI=1S/C24H27N7O3/c1-4-5-12-30-20-21(27-23(30)29-11-7-9-17(26)15-29)28(2)24(33)31(22(20)32)14-16-8-6-10-19(34-3)18(16)13-25/h6,8,10,17H,7,9,11-12,14-15,26H2,1-3H3/t17-/m1/s1. The average Bonchev–Trinajstić information content (AvgIpc) is 3.23. The van der Waals surface area contributed by atoms with E-state index in [0.717, 1.165) is 24.0 Å². The molecule has 1 fully saturated rings. The lowest BCUT2D eigenvalue weighted by Crippen LogP contribution is -2.44. The van der Waals surface area contributed by atoms with E-state index in [9.17, 15) is 14.9 Å². The van der Waals surface area contributed by atoms with Crippen molar-refractivity contribution in [3.8, 4) is 23.7 Å². The second kappa shape index (κ2) is 9.46. The first kappa shape index (κ1) is 23.1. The lowest BCUT2D eigenvalue weighted by Gasteiger charge is -2.31. The van der Waals surface area contributed by atoms with Crippen LogP contribution in [-0.4, -0.2) is 44.9 Å². The van der Waals surface area contributed by atoms with Crippen molar-refractivity contribution in [3.05, 3.63) is 50.2 Å². The second-order valence-electron chi connectivity index (χ2n) is 8.28. The first-order valence-corrected chi connectivity index (χ1v) is 11.1. The largest absolute Gasteiger partial charge is 0.495 e. The number of benzene rings is 1. The number of ether oxygens (including phenoxy) is 1.